The van der Waals surface area contributed by atoms with Crippen LogP contribution in [0.4, 0.5) is 0 Å². The summed E-state index contributed by atoms with van der Waals surface area (Å²) in [4.78, 5) is 8.36. The van der Waals surface area contributed by atoms with Gasteiger partial charge in [-0.3, -0.25) is 0 Å². The molecule has 2 aromatic carbocycles. The molecule has 4 N–H and O–H groups in total. The van der Waals surface area contributed by atoms with Crippen molar-refractivity contribution in [2.24, 2.45) is 0 Å². The van der Waals surface area contributed by atoms with E-state index in [0.29, 0.717) is 0 Å². The quantitative estimate of drug-likeness (QED) is 0.584. The molecule has 0 atom stereocenters. The molecule has 0 aliphatic heterocycles. The fraction of sp³-hybridized carbons (Fsp3) is 0. The minimum absolute atomic E-state index is 0. The zero-order valence-electron chi connectivity index (χ0n) is 9.19. The number of hydrogen-bond donors (Lipinski definition) is 2. The van der Waals surface area contributed by atoms with Gasteiger partial charge < -0.3 is 11.4 Å². The summed E-state index contributed by atoms with van der Waals surface area (Å²) < 4.78 is 0. The van der Waals surface area contributed by atoms with E-state index in [-0.39, 0.29) is 6.15 Å². The van der Waals surface area contributed by atoms with Gasteiger partial charge in [-0.05, 0) is 11.1 Å². The Kier molecular flexibility index (Phi) is 6.73. The highest BCUT2D eigenvalue weighted by atomic mass is 16.9. The van der Waals surface area contributed by atoms with Crippen LogP contribution in [0.1, 0.15) is 0 Å². The zero-order chi connectivity index (χ0) is 11.8. The van der Waals surface area contributed by atoms with E-state index >= 15 is 0 Å². The van der Waals surface area contributed by atoms with Crippen molar-refractivity contribution in [2.75, 3.05) is 0 Å². The van der Waals surface area contributed by atoms with Gasteiger partial charge in [-0.15, -0.1) is 10.1 Å². The van der Waals surface area contributed by atoms with Crippen LogP contribution in [0.3, 0.4) is 0 Å². The van der Waals surface area contributed by atoms with Gasteiger partial charge in [0, 0.05) is 0 Å². The Bertz CT molecular complexity index is 391. The molecule has 5 heteroatoms. The molecule has 90 valence electrons. The molecule has 0 aliphatic carbocycles. The molecule has 0 saturated heterocycles. The van der Waals surface area contributed by atoms with Crippen LogP contribution in [0, 0.1) is 10.1 Å². The van der Waals surface area contributed by atoms with E-state index in [1.807, 2.05) is 12.1 Å². The van der Waals surface area contributed by atoms with E-state index in [1.54, 1.807) is 0 Å². The Morgan fingerprint density at radius 2 is 1.06 bits per heavy atom. The molecule has 0 unspecified atom stereocenters. The number of nitrogens with zero attached hydrogens (tertiary/aromatic N) is 1. The molecule has 0 fully saturated rings. The summed E-state index contributed by atoms with van der Waals surface area (Å²) in [6.07, 6.45) is 0. The maximum Gasteiger partial charge on any atom is 0.291 e. The molecular formula is C12H14N2O3. The molecule has 0 saturated carbocycles. The Labute approximate surface area is 99.0 Å². The van der Waals surface area contributed by atoms with Crippen molar-refractivity contribution in [2.45, 2.75) is 0 Å². The average Bonchev–Trinajstić information content (AvgIpc) is 2.31. The lowest BCUT2D eigenvalue weighted by molar-refractivity contribution is -0.742. The maximum absolute atomic E-state index is 8.36. The first-order valence-corrected chi connectivity index (χ1v) is 4.64. The summed E-state index contributed by atoms with van der Waals surface area (Å²) in [5.74, 6) is 0. The third kappa shape index (κ3) is 5.91. The van der Waals surface area contributed by atoms with Crippen molar-refractivity contribution >= 4 is 0 Å². The minimum atomic E-state index is -1.50. The fourth-order valence-electron chi connectivity index (χ4n) is 1.26. The van der Waals surface area contributed by atoms with E-state index in [9.17, 15) is 0 Å². The van der Waals surface area contributed by atoms with Gasteiger partial charge in [0.05, 0.1) is 0 Å². The second kappa shape index (κ2) is 7.84. The lowest BCUT2D eigenvalue weighted by atomic mass is 10.1. The van der Waals surface area contributed by atoms with Crippen molar-refractivity contribution in [3.05, 3.63) is 70.8 Å². The van der Waals surface area contributed by atoms with Crippen LogP contribution in [-0.2, 0) is 0 Å². The molecule has 0 spiro atoms. The highest BCUT2D eigenvalue weighted by molar-refractivity contribution is 5.62. The number of rotatable bonds is 1. The second-order valence-corrected chi connectivity index (χ2v) is 2.97. The van der Waals surface area contributed by atoms with Gasteiger partial charge in [-0.2, -0.15) is 0 Å². The van der Waals surface area contributed by atoms with E-state index in [4.69, 9.17) is 15.3 Å². The van der Waals surface area contributed by atoms with Crippen LogP contribution in [0.5, 0.6) is 0 Å². The van der Waals surface area contributed by atoms with Gasteiger partial charge in [0.2, 0.25) is 0 Å². The minimum Gasteiger partial charge on any atom is -0.344 e. The van der Waals surface area contributed by atoms with Gasteiger partial charge >= 0.3 is 0 Å². The Balaban J connectivity index is 0.000000453. The van der Waals surface area contributed by atoms with Crippen LogP contribution in [0.25, 0.3) is 11.1 Å². The molecule has 5 nitrogen and oxygen atoms in total. The molecule has 2 rings (SSSR count). The first kappa shape index (κ1) is 14.6. The molecule has 0 aromatic heterocycles. The Hall–Kier alpha value is -2.40. The highest BCUT2D eigenvalue weighted by Gasteiger charge is 1.91. The van der Waals surface area contributed by atoms with Gasteiger partial charge in [0.25, 0.3) is 5.09 Å². The summed E-state index contributed by atoms with van der Waals surface area (Å²) >= 11 is 0. The average molecular weight is 234 g/mol. The van der Waals surface area contributed by atoms with Crippen LogP contribution >= 0.6 is 0 Å². The van der Waals surface area contributed by atoms with E-state index in [0.717, 1.165) is 0 Å². The second-order valence-electron chi connectivity index (χ2n) is 2.97. The van der Waals surface area contributed by atoms with Crippen LogP contribution in [0.15, 0.2) is 60.7 Å². The lowest BCUT2D eigenvalue weighted by Gasteiger charge is -1.98. The predicted molar refractivity (Wildman–Crippen MR) is 65.7 cm³/mol. The largest absolute Gasteiger partial charge is 0.344 e. The molecule has 0 bridgehead atoms. The molecule has 0 heterocycles. The molecular weight excluding hydrogens is 220 g/mol. The third-order valence-corrected chi connectivity index (χ3v) is 1.88. The van der Waals surface area contributed by atoms with E-state index in [2.05, 4.69) is 48.5 Å². The fourth-order valence-corrected chi connectivity index (χ4v) is 1.26. The topological polar surface area (TPSA) is 98.4 Å². The molecule has 2 aromatic rings. The smallest absolute Gasteiger partial charge is 0.291 e. The lowest BCUT2D eigenvalue weighted by Crippen LogP contribution is -1.81. The molecule has 17 heavy (non-hydrogen) atoms. The van der Waals surface area contributed by atoms with Crippen molar-refractivity contribution in [1.29, 1.82) is 0 Å². The Morgan fingerprint density at radius 3 is 1.29 bits per heavy atom. The van der Waals surface area contributed by atoms with Gasteiger partial charge in [0.1, 0.15) is 0 Å². The van der Waals surface area contributed by atoms with Crippen LogP contribution < -0.4 is 6.15 Å². The molecule has 0 amide bonds. The van der Waals surface area contributed by atoms with Crippen molar-refractivity contribution in [3.8, 4) is 11.1 Å². The number of benzene rings is 2. The van der Waals surface area contributed by atoms with E-state index < -0.39 is 5.09 Å². The maximum atomic E-state index is 8.36. The summed E-state index contributed by atoms with van der Waals surface area (Å²) in [6.45, 7) is 0. The predicted octanol–water partition coefficient (Wildman–Crippen LogP) is 3.17. The zero-order valence-corrected chi connectivity index (χ0v) is 9.19. The SMILES string of the molecule is N.O=[N+]([O-])O.c1ccc(-c2ccccc2)cc1. The van der Waals surface area contributed by atoms with E-state index in [1.165, 1.54) is 11.1 Å². The third-order valence-electron chi connectivity index (χ3n) is 1.88. The van der Waals surface area contributed by atoms with Crippen molar-refractivity contribution in [3.63, 3.8) is 0 Å². The Morgan fingerprint density at radius 1 is 0.824 bits per heavy atom. The summed E-state index contributed by atoms with van der Waals surface area (Å²) in [7, 11) is 0. The van der Waals surface area contributed by atoms with Crippen LogP contribution in [0.2, 0.25) is 0 Å². The first-order valence-electron chi connectivity index (χ1n) is 4.64. The summed E-state index contributed by atoms with van der Waals surface area (Å²) in [5.41, 5.74) is 2.55. The molecule has 0 radical (unpaired) electrons. The van der Waals surface area contributed by atoms with Crippen molar-refractivity contribution in [1.82, 2.24) is 6.15 Å². The van der Waals surface area contributed by atoms with Gasteiger partial charge in [-0.25, -0.2) is 0 Å². The number of hydrogen-bond acceptors (Lipinski definition) is 3. The molecule has 0 aliphatic rings. The standard InChI is InChI=1S/C12H10.HNO3.H3N/c1-3-7-11(8-4-1)12-9-5-2-6-10-12;2-1(3)4;/h1-10H;(H,2,3,4);1H3. The monoisotopic (exact) mass is 234 g/mol. The van der Waals surface area contributed by atoms with Gasteiger partial charge in [-0.1, -0.05) is 60.7 Å². The van der Waals surface area contributed by atoms with Crippen LogP contribution in [-0.4, -0.2) is 10.3 Å². The highest BCUT2D eigenvalue weighted by Crippen LogP contribution is 2.17. The normalized spacial score (nSPS) is 8.24. The van der Waals surface area contributed by atoms with Gasteiger partial charge in [0.15, 0.2) is 0 Å². The first-order chi connectivity index (χ1) is 7.70. The van der Waals surface area contributed by atoms with Crippen molar-refractivity contribution < 1.29 is 10.3 Å². The summed E-state index contributed by atoms with van der Waals surface area (Å²) in [6, 6.07) is 20.8. The summed E-state index contributed by atoms with van der Waals surface area (Å²) in [5, 5.41) is 13.6.